The summed E-state index contributed by atoms with van der Waals surface area (Å²) in [5.41, 5.74) is 1.45. The Morgan fingerprint density at radius 2 is 1.90 bits per heavy atom. The van der Waals surface area contributed by atoms with Crippen LogP contribution in [0.25, 0.3) is 0 Å². The highest BCUT2D eigenvalue weighted by Gasteiger charge is 2.30. The molecule has 118 valence electrons. The number of nitrogens with zero attached hydrogens (tertiary/aromatic N) is 1. The van der Waals surface area contributed by atoms with Crippen LogP contribution in [0.5, 0.6) is 0 Å². The van der Waals surface area contributed by atoms with Gasteiger partial charge in [0.15, 0.2) is 0 Å². The molecule has 21 heavy (non-hydrogen) atoms. The molecule has 3 atom stereocenters. The molecule has 2 heteroatoms. The third-order valence-corrected chi connectivity index (χ3v) is 4.72. The first-order valence-electron chi connectivity index (χ1n) is 8.63. The summed E-state index contributed by atoms with van der Waals surface area (Å²) in [4.78, 5) is 2.75. The average Bonchev–Trinajstić information content (AvgIpc) is 2.47. The zero-order valence-corrected chi connectivity index (χ0v) is 14.2. The van der Waals surface area contributed by atoms with Gasteiger partial charge in [-0.1, -0.05) is 51.1 Å². The van der Waals surface area contributed by atoms with Crippen molar-refractivity contribution in [2.24, 2.45) is 5.92 Å². The second kappa shape index (κ2) is 7.95. The van der Waals surface area contributed by atoms with Crippen LogP contribution in [0.1, 0.15) is 46.1 Å². The van der Waals surface area contributed by atoms with Gasteiger partial charge in [0.1, 0.15) is 0 Å². The Labute approximate surface area is 130 Å². The van der Waals surface area contributed by atoms with Crippen molar-refractivity contribution in [2.75, 3.05) is 13.1 Å². The van der Waals surface area contributed by atoms with Crippen molar-refractivity contribution in [1.29, 1.82) is 0 Å². The smallest absolute Gasteiger partial charge is 0.0236 e. The second-order valence-electron chi connectivity index (χ2n) is 7.03. The maximum atomic E-state index is 3.77. The average molecular weight is 288 g/mol. The molecule has 1 aromatic carbocycles. The predicted octanol–water partition coefficient (Wildman–Crippen LogP) is 3.72. The molecule has 1 aliphatic heterocycles. The summed E-state index contributed by atoms with van der Waals surface area (Å²) in [5, 5.41) is 3.77. The van der Waals surface area contributed by atoms with Crippen molar-refractivity contribution < 1.29 is 0 Å². The second-order valence-corrected chi connectivity index (χ2v) is 7.03. The van der Waals surface area contributed by atoms with Crippen LogP contribution in [0.2, 0.25) is 0 Å². The number of hydrogen-bond donors (Lipinski definition) is 1. The van der Waals surface area contributed by atoms with E-state index in [1.165, 1.54) is 24.9 Å². The normalized spacial score (nSPS) is 25.2. The van der Waals surface area contributed by atoms with Crippen molar-refractivity contribution in [1.82, 2.24) is 10.2 Å². The van der Waals surface area contributed by atoms with Gasteiger partial charge < -0.3 is 5.32 Å². The molecule has 0 saturated carbocycles. The predicted molar refractivity (Wildman–Crippen MR) is 91.6 cm³/mol. The summed E-state index contributed by atoms with van der Waals surface area (Å²) in [5.74, 6) is 0.778. The zero-order valence-electron chi connectivity index (χ0n) is 14.2. The lowest BCUT2D eigenvalue weighted by atomic mass is 9.96. The van der Waals surface area contributed by atoms with Gasteiger partial charge in [0.2, 0.25) is 0 Å². The lowest BCUT2D eigenvalue weighted by Gasteiger charge is -2.44. The summed E-state index contributed by atoms with van der Waals surface area (Å²) in [6.07, 6.45) is 3.68. The van der Waals surface area contributed by atoms with Gasteiger partial charge in [-0.05, 0) is 37.7 Å². The van der Waals surface area contributed by atoms with Gasteiger partial charge in [0.05, 0.1) is 0 Å². The minimum absolute atomic E-state index is 0.588. The van der Waals surface area contributed by atoms with Gasteiger partial charge >= 0.3 is 0 Å². The Balaban J connectivity index is 1.97. The number of benzene rings is 1. The van der Waals surface area contributed by atoms with E-state index in [0.717, 1.165) is 18.9 Å². The Hall–Kier alpha value is -0.860. The van der Waals surface area contributed by atoms with Gasteiger partial charge in [0.25, 0.3) is 0 Å². The Kier molecular flexibility index (Phi) is 6.25. The molecule has 0 amide bonds. The highest BCUT2D eigenvalue weighted by atomic mass is 15.2. The van der Waals surface area contributed by atoms with E-state index in [2.05, 4.69) is 68.2 Å². The molecule has 2 rings (SSSR count). The van der Waals surface area contributed by atoms with Crippen molar-refractivity contribution in [2.45, 2.75) is 65.1 Å². The largest absolute Gasteiger partial charge is 0.311 e. The Morgan fingerprint density at radius 3 is 2.52 bits per heavy atom. The van der Waals surface area contributed by atoms with E-state index >= 15 is 0 Å². The van der Waals surface area contributed by atoms with E-state index < -0.39 is 0 Å². The van der Waals surface area contributed by atoms with Crippen LogP contribution >= 0.6 is 0 Å². The minimum atomic E-state index is 0.588. The molecule has 1 fully saturated rings. The highest BCUT2D eigenvalue weighted by molar-refractivity contribution is 5.16. The summed E-state index contributed by atoms with van der Waals surface area (Å²) in [6, 6.07) is 12.9. The molecule has 0 bridgehead atoms. The molecular formula is C19H32N2. The minimum Gasteiger partial charge on any atom is -0.311 e. The Morgan fingerprint density at radius 1 is 1.19 bits per heavy atom. The first-order chi connectivity index (χ1) is 10.1. The molecular weight excluding hydrogens is 256 g/mol. The van der Waals surface area contributed by atoms with Gasteiger partial charge in [0, 0.05) is 31.2 Å². The van der Waals surface area contributed by atoms with E-state index in [0.29, 0.717) is 18.1 Å². The van der Waals surface area contributed by atoms with Gasteiger partial charge in [-0.15, -0.1) is 0 Å². The standard InChI is InChI=1S/C19H32N2/c1-5-19-13-20-18(12-17-9-7-6-8-10-17)14-21(19)16(4)11-15(2)3/h6-10,15-16,18-20H,5,11-14H2,1-4H3. The fourth-order valence-corrected chi connectivity index (χ4v) is 3.66. The van der Waals surface area contributed by atoms with Crippen LogP contribution in [0.3, 0.4) is 0 Å². The van der Waals surface area contributed by atoms with E-state index in [-0.39, 0.29) is 0 Å². The fraction of sp³-hybridized carbons (Fsp3) is 0.684. The topological polar surface area (TPSA) is 15.3 Å². The molecule has 0 aliphatic carbocycles. The molecule has 0 radical (unpaired) electrons. The number of nitrogens with one attached hydrogen (secondary N) is 1. The van der Waals surface area contributed by atoms with Crippen LogP contribution in [0.15, 0.2) is 30.3 Å². The van der Waals surface area contributed by atoms with Crippen LogP contribution in [-0.4, -0.2) is 36.1 Å². The van der Waals surface area contributed by atoms with Crippen LogP contribution in [0.4, 0.5) is 0 Å². The lowest BCUT2D eigenvalue weighted by Crippen LogP contribution is -2.59. The molecule has 1 N–H and O–H groups in total. The third-order valence-electron chi connectivity index (χ3n) is 4.72. The number of rotatable bonds is 6. The molecule has 2 nitrogen and oxygen atoms in total. The molecule has 1 aromatic rings. The maximum absolute atomic E-state index is 3.77. The van der Waals surface area contributed by atoms with Crippen LogP contribution < -0.4 is 5.32 Å². The van der Waals surface area contributed by atoms with Crippen molar-refractivity contribution in [3.63, 3.8) is 0 Å². The van der Waals surface area contributed by atoms with Gasteiger partial charge in [-0.2, -0.15) is 0 Å². The van der Waals surface area contributed by atoms with E-state index in [1.54, 1.807) is 0 Å². The van der Waals surface area contributed by atoms with E-state index in [9.17, 15) is 0 Å². The molecule has 1 saturated heterocycles. The maximum Gasteiger partial charge on any atom is 0.0236 e. The zero-order chi connectivity index (χ0) is 15.2. The van der Waals surface area contributed by atoms with E-state index in [4.69, 9.17) is 0 Å². The summed E-state index contributed by atoms with van der Waals surface area (Å²) >= 11 is 0. The first-order valence-corrected chi connectivity index (χ1v) is 8.63. The first kappa shape index (κ1) is 16.5. The highest BCUT2D eigenvalue weighted by Crippen LogP contribution is 2.20. The summed E-state index contributed by atoms with van der Waals surface area (Å²) < 4.78 is 0. The lowest BCUT2D eigenvalue weighted by molar-refractivity contribution is 0.0763. The third kappa shape index (κ3) is 4.82. The van der Waals surface area contributed by atoms with E-state index in [1.807, 2.05) is 0 Å². The van der Waals surface area contributed by atoms with Crippen LogP contribution in [-0.2, 0) is 6.42 Å². The van der Waals surface area contributed by atoms with Gasteiger partial charge in [-0.3, -0.25) is 4.90 Å². The molecule has 1 heterocycles. The molecule has 0 spiro atoms. The molecule has 0 aromatic heterocycles. The van der Waals surface area contributed by atoms with Crippen molar-refractivity contribution >= 4 is 0 Å². The quantitative estimate of drug-likeness (QED) is 0.858. The summed E-state index contributed by atoms with van der Waals surface area (Å²) in [7, 11) is 0. The monoisotopic (exact) mass is 288 g/mol. The molecule has 3 unspecified atom stereocenters. The molecule has 1 aliphatic rings. The van der Waals surface area contributed by atoms with Crippen molar-refractivity contribution in [3.05, 3.63) is 35.9 Å². The Bertz CT molecular complexity index is 401. The van der Waals surface area contributed by atoms with Crippen LogP contribution in [0, 0.1) is 5.92 Å². The number of hydrogen-bond acceptors (Lipinski definition) is 2. The number of piperazine rings is 1. The van der Waals surface area contributed by atoms with Crippen molar-refractivity contribution in [3.8, 4) is 0 Å². The SMILES string of the molecule is CCC1CNC(Cc2ccccc2)CN1C(C)CC(C)C. The van der Waals surface area contributed by atoms with Gasteiger partial charge in [-0.25, -0.2) is 0 Å². The summed E-state index contributed by atoms with van der Waals surface area (Å²) in [6.45, 7) is 11.7. The fourth-order valence-electron chi connectivity index (χ4n) is 3.66.